The number of likely N-dealkylation sites (tertiary alicyclic amines) is 2. The zero-order valence-electron chi connectivity index (χ0n) is 23.0. The lowest BCUT2D eigenvalue weighted by molar-refractivity contribution is -0.134. The van der Waals surface area contributed by atoms with Crippen LogP contribution in [0.1, 0.15) is 44.2 Å². The van der Waals surface area contributed by atoms with E-state index >= 15 is 0 Å². The number of carbonyl (C=O) groups excluding carboxylic acids is 3. The zero-order chi connectivity index (χ0) is 27.7. The summed E-state index contributed by atoms with van der Waals surface area (Å²) in [5.41, 5.74) is 2.42. The summed E-state index contributed by atoms with van der Waals surface area (Å²) in [5, 5.41) is 6.89. The number of urea groups is 1. The second-order valence-electron chi connectivity index (χ2n) is 11.4. The third kappa shape index (κ3) is 5.50. The molecule has 3 aliphatic rings. The van der Waals surface area contributed by atoms with Crippen molar-refractivity contribution in [1.29, 1.82) is 0 Å². The molecule has 0 spiro atoms. The Kier molecular flexibility index (Phi) is 7.87. The summed E-state index contributed by atoms with van der Waals surface area (Å²) in [6.45, 7) is 6.32. The van der Waals surface area contributed by atoms with Gasteiger partial charge in [-0.25, -0.2) is 4.79 Å². The van der Waals surface area contributed by atoms with Gasteiger partial charge in [-0.2, -0.15) is 0 Å². The lowest BCUT2D eigenvalue weighted by Gasteiger charge is -2.39. The Morgan fingerprint density at radius 1 is 1.00 bits per heavy atom. The van der Waals surface area contributed by atoms with Crippen molar-refractivity contribution in [3.05, 3.63) is 64.7 Å². The molecule has 0 radical (unpaired) electrons. The molecule has 0 aliphatic carbocycles. The number of benzene rings is 2. The lowest BCUT2D eigenvalue weighted by Crippen LogP contribution is -2.56. The molecule has 0 unspecified atom stereocenters. The van der Waals surface area contributed by atoms with Gasteiger partial charge in [-0.05, 0) is 69.5 Å². The van der Waals surface area contributed by atoms with Crippen LogP contribution in [-0.2, 0) is 21.4 Å². The van der Waals surface area contributed by atoms with Gasteiger partial charge < -0.3 is 25.3 Å². The van der Waals surface area contributed by atoms with Gasteiger partial charge in [0.05, 0.1) is 5.41 Å². The third-order valence-electron chi connectivity index (χ3n) is 8.56. The summed E-state index contributed by atoms with van der Waals surface area (Å²) < 4.78 is 0. The predicted molar refractivity (Wildman–Crippen MR) is 153 cm³/mol. The van der Waals surface area contributed by atoms with Crippen LogP contribution in [0.2, 0.25) is 5.02 Å². The fraction of sp³-hybridized carbons (Fsp3) is 0.500. The van der Waals surface area contributed by atoms with Crippen molar-refractivity contribution in [3.8, 4) is 0 Å². The molecule has 4 amide bonds. The predicted octanol–water partition coefficient (Wildman–Crippen LogP) is 3.57. The molecule has 8 nitrogen and oxygen atoms in total. The number of piperidine rings is 1. The van der Waals surface area contributed by atoms with E-state index in [1.165, 1.54) is 0 Å². The molecule has 2 atom stereocenters. The lowest BCUT2D eigenvalue weighted by atomic mass is 9.86. The standard InChI is InChI=1S/C30H38ClN5O3/c1-30(2)24-6-4-5-7-26(24)36(28(30)38)23-13-16-34(17-14-23)27(37)25(18-20-8-10-21(31)11-9-20)33-29(39)35-15-12-22(19-35)32-3/h4-11,22-23,25,32H,12-19H2,1-3H3,(H,33,39)/t22-,25-/m0/s1. The van der Waals surface area contributed by atoms with Crippen molar-refractivity contribution in [3.63, 3.8) is 0 Å². The highest BCUT2D eigenvalue weighted by Gasteiger charge is 2.47. The zero-order valence-corrected chi connectivity index (χ0v) is 23.7. The van der Waals surface area contributed by atoms with Gasteiger partial charge in [0.15, 0.2) is 0 Å². The third-order valence-corrected chi connectivity index (χ3v) is 8.82. The molecule has 3 heterocycles. The van der Waals surface area contributed by atoms with E-state index in [1.807, 2.05) is 67.1 Å². The van der Waals surface area contributed by atoms with Crippen LogP contribution in [0.4, 0.5) is 10.5 Å². The van der Waals surface area contributed by atoms with E-state index in [0.717, 1.165) is 23.2 Å². The largest absolute Gasteiger partial charge is 0.341 e. The van der Waals surface area contributed by atoms with Gasteiger partial charge in [0.1, 0.15) is 6.04 Å². The molecule has 2 saturated heterocycles. The number of anilines is 1. The Morgan fingerprint density at radius 2 is 1.67 bits per heavy atom. The van der Waals surface area contributed by atoms with Gasteiger partial charge in [0.25, 0.3) is 0 Å². The number of nitrogens with zero attached hydrogens (tertiary/aromatic N) is 3. The second kappa shape index (κ2) is 11.2. The van der Waals surface area contributed by atoms with Crippen LogP contribution in [-0.4, -0.2) is 79.0 Å². The number of carbonyl (C=O) groups is 3. The van der Waals surface area contributed by atoms with Crippen LogP contribution >= 0.6 is 11.6 Å². The van der Waals surface area contributed by atoms with E-state index in [2.05, 4.69) is 10.6 Å². The minimum absolute atomic E-state index is 0.0388. The van der Waals surface area contributed by atoms with Gasteiger partial charge in [-0.1, -0.05) is 41.9 Å². The van der Waals surface area contributed by atoms with E-state index in [1.54, 1.807) is 17.0 Å². The number of nitrogens with one attached hydrogen (secondary N) is 2. The molecule has 2 aromatic rings. The van der Waals surface area contributed by atoms with Crippen LogP contribution < -0.4 is 15.5 Å². The molecular weight excluding hydrogens is 514 g/mol. The first-order valence-corrected chi connectivity index (χ1v) is 14.3. The van der Waals surface area contributed by atoms with E-state index in [9.17, 15) is 14.4 Å². The Morgan fingerprint density at radius 3 is 2.33 bits per heavy atom. The normalized spacial score (nSPS) is 21.7. The summed E-state index contributed by atoms with van der Waals surface area (Å²) in [4.78, 5) is 45.9. The van der Waals surface area contributed by atoms with Gasteiger partial charge in [-0.3, -0.25) is 9.59 Å². The number of likely N-dealkylation sites (N-methyl/N-ethyl adjacent to an activating group) is 1. The van der Waals surface area contributed by atoms with Crippen molar-refractivity contribution in [1.82, 2.24) is 20.4 Å². The highest BCUT2D eigenvalue weighted by atomic mass is 35.5. The molecule has 39 heavy (non-hydrogen) atoms. The summed E-state index contributed by atoms with van der Waals surface area (Å²) in [5.74, 6) is 0.0291. The molecule has 5 rings (SSSR count). The minimum Gasteiger partial charge on any atom is -0.341 e. The van der Waals surface area contributed by atoms with Crippen molar-refractivity contribution in [2.45, 2.75) is 63.1 Å². The maximum Gasteiger partial charge on any atom is 0.318 e. The van der Waals surface area contributed by atoms with E-state index in [4.69, 9.17) is 11.6 Å². The van der Waals surface area contributed by atoms with Crippen molar-refractivity contribution < 1.29 is 14.4 Å². The number of hydrogen-bond acceptors (Lipinski definition) is 4. The monoisotopic (exact) mass is 551 g/mol. The Balaban J connectivity index is 1.28. The molecule has 2 aromatic carbocycles. The maximum absolute atomic E-state index is 13.8. The van der Waals surface area contributed by atoms with E-state index in [0.29, 0.717) is 50.5 Å². The second-order valence-corrected chi connectivity index (χ2v) is 11.9. The van der Waals surface area contributed by atoms with Gasteiger partial charge in [0.2, 0.25) is 11.8 Å². The summed E-state index contributed by atoms with van der Waals surface area (Å²) >= 11 is 6.07. The number of amides is 4. The Bertz CT molecular complexity index is 1230. The number of hydrogen-bond donors (Lipinski definition) is 2. The van der Waals surface area contributed by atoms with Crippen LogP contribution in [0.5, 0.6) is 0 Å². The first-order valence-electron chi connectivity index (χ1n) is 13.9. The highest BCUT2D eigenvalue weighted by molar-refractivity contribution is 6.30. The maximum atomic E-state index is 13.8. The Labute approximate surface area is 235 Å². The number of halogens is 1. The van der Waals surface area contributed by atoms with E-state index < -0.39 is 11.5 Å². The van der Waals surface area contributed by atoms with Crippen LogP contribution in [0.3, 0.4) is 0 Å². The van der Waals surface area contributed by atoms with Crippen LogP contribution in [0.15, 0.2) is 48.5 Å². The molecule has 0 saturated carbocycles. The topological polar surface area (TPSA) is 85.0 Å². The quantitative estimate of drug-likeness (QED) is 0.575. The summed E-state index contributed by atoms with van der Waals surface area (Å²) in [6.07, 6.45) is 2.67. The fourth-order valence-corrected chi connectivity index (χ4v) is 6.27. The SMILES string of the molecule is CN[C@H]1CCN(C(=O)N[C@@H](Cc2ccc(Cl)cc2)C(=O)N2CCC(N3C(=O)C(C)(C)c4ccccc43)CC2)C1. The first-order chi connectivity index (χ1) is 18.7. The molecular formula is C30H38ClN5O3. The number of rotatable bonds is 6. The molecule has 2 N–H and O–H groups in total. The van der Waals surface area contributed by atoms with Gasteiger partial charge >= 0.3 is 6.03 Å². The van der Waals surface area contributed by atoms with Crippen molar-refractivity contribution in [2.75, 3.05) is 38.1 Å². The minimum atomic E-state index is -0.683. The molecule has 0 aromatic heterocycles. The molecule has 2 fully saturated rings. The fourth-order valence-electron chi connectivity index (χ4n) is 6.14. The van der Waals surface area contributed by atoms with Gasteiger partial charge in [-0.15, -0.1) is 0 Å². The van der Waals surface area contributed by atoms with Crippen molar-refractivity contribution >= 4 is 35.1 Å². The Hall–Kier alpha value is -3.10. The summed E-state index contributed by atoms with van der Waals surface area (Å²) in [7, 11) is 1.90. The van der Waals surface area contributed by atoms with Crippen LogP contribution in [0.25, 0.3) is 0 Å². The smallest absolute Gasteiger partial charge is 0.318 e. The first kappa shape index (κ1) is 27.5. The molecule has 208 valence electrons. The average Bonchev–Trinajstić information content (AvgIpc) is 3.51. The van der Waals surface area contributed by atoms with E-state index in [-0.39, 0.29) is 29.9 Å². The number of fused-ring (bicyclic) bond motifs is 1. The van der Waals surface area contributed by atoms with Crippen molar-refractivity contribution in [2.24, 2.45) is 0 Å². The molecule has 3 aliphatic heterocycles. The molecule has 9 heteroatoms. The summed E-state index contributed by atoms with van der Waals surface area (Å²) in [6, 6.07) is 14.8. The molecule has 0 bridgehead atoms. The highest BCUT2D eigenvalue weighted by Crippen LogP contribution is 2.43. The van der Waals surface area contributed by atoms with Gasteiger partial charge in [0, 0.05) is 55.4 Å². The van der Waals surface area contributed by atoms with Crippen LogP contribution in [0, 0.1) is 0 Å². The average molecular weight is 552 g/mol. The number of para-hydroxylation sites is 1.